The van der Waals surface area contributed by atoms with Gasteiger partial charge in [-0.05, 0) is 44.0 Å². The Kier molecular flexibility index (Phi) is 6.58. The lowest BCUT2D eigenvalue weighted by atomic mass is 9.99. The maximum Gasteiger partial charge on any atom is 0.133 e. The van der Waals surface area contributed by atoms with Crippen molar-refractivity contribution in [2.75, 3.05) is 19.6 Å². The summed E-state index contributed by atoms with van der Waals surface area (Å²) in [6, 6.07) is 7.39. The average Bonchev–Trinajstić information content (AvgIpc) is 2.38. The fourth-order valence-electron chi connectivity index (χ4n) is 1.67. The van der Waals surface area contributed by atoms with Gasteiger partial charge in [-0.25, -0.2) is 0 Å². The molecular weight excluding hydrogens is 252 g/mol. The molecule has 1 aromatic carbocycles. The standard InChI is InChI=1S/C14H19ClO3/c1-11(16)12(7-9-15)8-10-18-14-5-3-13(17-2)4-6-14/h3-6,12H,7-10H2,1-2H3. The van der Waals surface area contributed by atoms with Crippen LogP contribution >= 0.6 is 11.6 Å². The number of benzene rings is 1. The number of halogens is 1. The summed E-state index contributed by atoms with van der Waals surface area (Å²) in [6.07, 6.45) is 1.41. The Bertz CT molecular complexity index is 362. The van der Waals surface area contributed by atoms with Crippen LogP contribution in [0.5, 0.6) is 11.5 Å². The molecule has 1 unspecified atom stereocenters. The molecule has 1 atom stereocenters. The number of hydrogen-bond acceptors (Lipinski definition) is 3. The van der Waals surface area contributed by atoms with E-state index in [2.05, 4.69) is 0 Å². The minimum absolute atomic E-state index is 0.000693. The van der Waals surface area contributed by atoms with E-state index in [-0.39, 0.29) is 11.7 Å². The molecule has 4 heteroatoms. The smallest absolute Gasteiger partial charge is 0.133 e. The topological polar surface area (TPSA) is 35.5 Å². The van der Waals surface area contributed by atoms with Gasteiger partial charge in [0.1, 0.15) is 17.3 Å². The zero-order valence-corrected chi connectivity index (χ0v) is 11.6. The van der Waals surface area contributed by atoms with Crippen molar-refractivity contribution in [2.45, 2.75) is 19.8 Å². The van der Waals surface area contributed by atoms with Crippen molar-refractivity contribution < 1.29 is 14.3 Å². The highest BCUT2D eigenvalue weighted by Gasteiger charge is 2.13. The highest BCUT2D eigenvalue weighted by molar-refractivity contribution is 6.18. The zero-order valence-electron chi connectivity index (χ0n) is 10.8. The molecule has 0 aromatic heterocycles. The van der Waals surface area contributed by atoms with E-state index in [1.54, 1.807) is 14.0 Å². The molecule has 18 heavy (non-hydrogen) atoms. The molecule has 0 spiro atoms. The number of methoxy groups -OCH3 is 1. The Morgan fingerprint density at radius 1 is 1.22 bits per heavy atom. The van der Waals surface area contributed by atoms with E-state index >= 15 is 0 Å². The lowest BCUT2D eigenvalue weighted by Crippen LogP contribution is -2.15. The molecule has 3 nitrogen and oxygen atoms in total. The van der Waals surface area contributed by atoms with Crippen LogP contribution in [0.4, 0.5) is 0 Å². The number of ether oxygens (including phenoxy) is 2. The van der Waals surface area contributed by atoms with Gasteiger partial charge in [-0.15, -0.1) is 11.6 Å². The number of carbonyl (C=O) groups excluding carboxylic acids is 1. The lowest BCUT2D eigenvalue weighted by molar-refractivity contribution is -0.121. The van der Waals surface area contributed by atoms with Gasteiger partial charge in [0.25, 0.3) is 0 Å². The summed E-state index contributed by atoms with van der Waals surface area (Å²) < 4.78 is 10.6. The Hall–Kier alpha value is -1.22. The summed E-state index contributed by atoms with van der Waals surface area (Å²) in [7, 11) is 1.62. The summed E-state index contributed by atoms with van der Waals surface area (Å²) in [4.78, 5) is 11.3. The highest BCUT2D eigenvalue weighted by Crippen LogP contribution is 2.18. The van der Waals surface area contributed by atoms with Crippen LogP contribution in [0.15, 0.2) is 24.3 Å². The second kappa shape index (κ2) is 7.98. The molecule has 0 saturated heterocycles. The van der Waals surface area contributed by atoms with Gasteiger partial charge in [0.15, 0.2) is 0 Å². The Labute approximate surface area is 113 Å². The molecular formula is C14H19ClO3. The van der Waals surface area contributed by atoms with E-state index in [0.717, 1.165) is 11.5 Å². The molecule has 0 aliphatic heterocycles. The number of rotatable bonds is 8. The van der Waals surface area contributed by atoms with Crippen molar-refractivity contribution in [1.29, 1.82) is 0 Å². The van der Waals surface area contributed by atoms with Crippen molar-refractivity contribution in [3.63, 3.8) is 0 Å². The van der Waals surface area contributed by atoms with E-state index in [0.29, 0.717) is 25.3 Å². The van der Waals surface area contributed by atoms with Crippen LogP contribution in [0.1, 0.15) is 19.8 Å². The van der Waals surface area contributed by atoms with E-state index in [9.17, 15) is 4.79 Å². The normalized spacial score (nSPS) is 11.9. The summed E-state index contributed by atoms with van der Waals surface area (Å²) in [6.45, 7) is 2.12. The van der Waals surface area contributed by atoms with Gasteiger partial charge in [-0.3, -0.25) is 4.79 Å². The third-order valence-electron chi connectivity index (χ3n) is 2.83. The van der Waals surface area contributed by atoms with Crippen molar-refractivity contribution in [2.24, 2.45) is 5.92 Å². The predicted octanol–water partition coefficient (Wildman–Crippen LogP) is 3.30. The van der Waals surface area contributed by atoms with Crippen molar-refractivity contribution >= 4 is 17.4 Å². The van der Waals surface area contributed by atoms with Gasteiger partial charge in [0.05, 0.1) is 13.7 Å². The maximum atomic E-state index is 11.3. The first kappa shape index (κ1) is 14.8. The van der Waals surface area contributed by atoms with Gasteiger partial charge in [0.2, 0.25) is 0 Å². The zero-order chi connectivity index (χ0) is 13.4. The molecule has 0 heterocycles. The van der Waals surface area contributed by atoms with Crippen LogP contribution in [0.2, 0.25) is 0 Å². The molecule has 0 N–H and O–H groups in total. The summed E-state index contributed by atoms with van der Waals surface area (Å²) in [5, 5.41) is 0. The van der Waals surface area contributed by atoms with Gasteiger partial charge in [-0.2, -0.15) is 0 Å². The van der Waals surface area contributed by atoms with Gasteiger partial charge in [0, 0.05) is 11.8 Å². The molecule has 0 bridgehead atoms. The second-order valence-electron chi connectivity index (χ2n) is 4.10. The lowest BCUT2D eigenvalue weighted by Gasteiger charge is -2.13. The van der Waals surface area contributed by atoms with Gasteiger partial charge in [-0.1, -0.05) is 0 Å². The number of hydrogen-bond donors (Lipinski definition) is 0. The van der Waals surface area contributed by atoms with Crippen LogP contribution in [-0.2, 0) is 4.79 Å². The van der Waals surface area contributed by atoms with Crippen LogP contribution in [0, 0.1) is 5.92 Å². The highest BCUT2D eigenvalue weighted by atomic mass is 35.5. The predicted molar refractivity (Wildman–Crippen MR) is 72.6 cm³/mol. The first-order valence-electron chi connectivity index (χ1n) is 6.00. The molecule has 0 amide bonds. The fraction of sp³-hybridized carbons (Fsp3) is 0.500. The molecule has 0 saturated carbocycles. The molecule has 0 radical (unpaired) electrons. The van der Waals surface area contributed by atoms with Gasteiger partial charge >= 0.3 is 0 Å². The Morgan fingerprint density at radius 3 is 2.33 bits per heavy atom. The average molecular weight is 271 g/mol. The van der Waals surface area contributed by atoms with E-state index in [1.165, 1.54) is 0 Å². The molecule has 1 rings (SSSR count). The monoisotopic (exact) mass is 270 g/mol. The quantitative estimate of drug-likeness (QED) is 0.680. The third-order valence-corrected chi connectivity index (χ3v) is 3.05. The molecule has 100 valence electrons. The van der Waals surface area contributed by atoms with E-state index in [4.69, 9.17) is 21.1 Å². The molecule has 0 aliphatic rings. The number of alkyl halides is 1. The SMILES string of the molecule is COc1ccc(OCCC(CCCl)C(C)=O)cc1. The summed E-state index contributed by atoms with van der Waals surface area (Å²) in [5.74, 6) is 2.26. The van der Waals surface area contributed by atoms with Crippen molar-refractivity contribution in [3.05, 3.63) is 24.3 Å². The number of carbonyl (C=O) groups is 1. The van der Waals surface area contributed by atoms with Crippen molar-refractivity contribution in [1.82, 2.24) is 0 Å². The number of ketones is 1. The molecule has 0 fully saturated rings. The first-order valence-corrected chi connectivity index (χ1v) is 6.54. The largest absolute Gasteiger partial charge is 0.497 e. The van der Waals surface area contributed by atoms with E-state index in [1.807, 2.05) is 24.3 Å². The van der Waals surface area contributed by atoms with Crippen molar-refractivity contribution in [3.8, 4) is 11.5 Å². The Balaban J connectivity index is 2.37. The van der Waals surface area contributed by atoms with E-state index < -0.39 is 0 Å². The molecule has 0 aliphatic carbocycles. The number of Topliss-reactive ketones (excluding diaryl/α,β-unsaturated/α-hetero) is 1. The Morgan fingerprint density at radius 2 is 1.83 bits per heavy atom. The third kappa shape index (κ3) is 4.96. The summed E-state index contributed by atoms with van der Waals surface area (Å²) >= 11 is 5.66. The van der Waals surface area contributed by atoms with Crippen LogP contribution in [0.3, 0.4) is 0 Å². The fourth-order valence-corrected chi connectivity index (χ4v) is 1.94. The molecule has 1 aromatic rings. The van der Waals surface area contributed by atoms with Gasteiger partial charge < -0.3 is 9.47 Å². The minimum atomic E-state index is 0.000693. The van der Waals surface area contributed by atoms with Crippen LogP contribution in [0.25, 0.3) is 0 Å². The minimum Gasteiger partial charge on any atom is -0.497 e. The van der Waals surface area contributed by atoms with Crippen LogP contribution < -0.4 is 9.47 Å². The van der Waals surface area contributed by atoms with Crippen LogP contribution in [-0.4, -0.2) is 25.4 Å². The maximum absolute atomic E-state index is 11.3. The first-order chi connectivity index (χ1) is 8.67. The second-order valence-corrected chi connectivity index (χ2v) is 4.48. The summed E-state index contributed by atoms with van der Waals surface area (Å²) in [5.41, 5.74) is 0.